The largest absolute Gasteiger partial charge is 0.380 e. The standard InChI is InChI=1S/C14H23N3O4S.ClH/c1-21-13(10-15)9-14(18)16-7-8-22(19,20)17-11-12-5-3-2-4-6-12;/h2-6,13,17H,7-11,15H2,1H3,(H,16,18);1H. The average Bonchev–Trinajstić information content (AvgIpc) is 2.51. The number of benzene rings is 1. The zero-order valence-corrected chi connectivity index (χ0v) is 14.7. The van der Waals surface area contributed by atoms with Crippen LogP contribution in [0, 0.1) is 0 Å². The molecule has 0 aliphatic rings. The molecule has 0 radical (unpaired) electrons. The number of halogens is 1. The molecule has 1 rings (SSSR count). The van der Waals surface area contributed by atoms with Gasteiger partial charge in [0, 0.05) is 26.7 Å². The molecule has 0 saturated carbocycles. The number of nitrogens with two attached hydrogens (primary N) is 1. The number of amides is 1. The van der Waals surface area contributed by atoms with Gasteiger partial charge in [-0.15, -0.1) is 12.4 Å². The zero-order valence-electron chi connectivity index (χ0n) is 13.0. The highest BCUT2D eigenvalue weighted by Crippen LogP contribution is 1.99. The Morgan fingerprint density at radius 3 is 2.52 bits per heavy atom. The summed E-state index contributed by atoms with van der Waals surface area (Å²) in [7, 11) is -1.96. The lowest BCUT2D eigenvalue weighted by molar-refractivity contribution is -0.123. The van der Waals surface area contributed by atoms with Gasteiger partial charge in [0.05, 0.1) is 18.3 Å². The van der Waals surface area contributed by atoms with Crippen molar-refractivity contribution in [3.8, 4) is 0 Å². The van der Waals surface area contributed by atoms with Crippen molar-refractivity contribution in [3.05, 3.63) is 35.9 Å². The van der Waals surface area contributed by atoms with Gasteiger partial charge in [-0.3, -0.25) is 4.79 Å². The van der Waals surface area contributed by atoms with E-state index in [4.69, 9.17) is 10.5 Å². The molecule has 0 bridgehead atoms. The van der Waals surface area contributed by atoms with E-state index in [2.05, 4.69) is 10.0 Å². The minimum absolute atomic E-state index is 0. The minimum atomic E-state index is -3.44. The van der Waals surface area contributed by atoms with E-state index in [0.717, 1.165) is 5.56 Å². The van der Waals surface area contributed by atoms with Crippen LogP contribution in [0.5, 0.6) is 0 Å². The Labute approximate surface area is 143 Å². The third kappa shape index (κ3) is 9.52. The molecule has 0 aliphatic heterocycles. The first-order chi connectivity index (χ1) is 10.5. The van der Waals surface area contributed by atoms with Crippen molar-refractivity contribution in [2.75, 3.05) is 26.0 Å². The maximum Gasteiger partial charge on any atom is 0.222 e. The van der Waals surface area contributed by atoms with Gasteiger partial charge in [0.15, 0.2) is 0 Å². The van der Waals surface area contributed by atoms with Crippen LogP contribution in [0.1, 0.15) is 12.0 Å². The summed E-state index contributed by atoms with van der Waals surface area (Å²) in [5.41, 5.74) is 6.29. The Kier molecular flexibility index (Phi) is 10.8. The first-order valence-electron chi connectivity index (χ1n) is 6.97. The fraction of sp³-hybridized carbons (Fsp3) is 0.500. The molecule has 0 aromatic heterocycles. The van der Waals surface area contributed by atoms with Crippen LogP contribution in [-0.2, 0) is 26.1 Å². The number of nitrogens with one attached hydrogen (secondary N) is 2. The molecular formula is C14H24ClN3O4S. The van der Waals surface area contributed by atoms with Crippen LogP contribution in [0.4, 0.5) is 0 Å². The number of sulfonamides is 1. The topological polar surface area (TPSA) is 111 Å². The number of rotatable bonds is 10. The molecule has 1 aromatic carbocycles. The monoisotopic (exact) mass is 365 g/mol. The van der Waals surface area contributed by atoms with E-state index in [9.17, 15) is 13.2 Å². The van der Waals surface area contributed by atoms with E-state index >= 15 is 0 Å². The van der Waals surface area contributed by atoms with Gasteiger partial charge in [-0.1, -0.05) is 30.3 Å². The molecule has 23 heavy (non-hydrogen) atoms. The quantitative estimate of drug-likeness (QED) is 0.541. The maximum atomic E-state index is 11.8. The molecule has 1 unspecified atom stereocenters. The molecule has 1 aromatic rings. The second-order valence-electron chi connectivity index (χ2n) is 4.77. The smallest absolute Gasteiger partial charge is 0.222 e. The number of hydrogen-bond acceptors (Lipinski definition) is 5. The van der Waals surface area contributed by atoms with Crippen LogP contribution >= 0.6 is 12.4 Å². The highest BCUT2D eigenvalue weighted by Gasteiger charge is 2.13. The number of methoxy groups -OCH3 is 1. The highest BCUT2D eigenvalue weighted by molar-refractivity contribution is 7.89. The Bertz CT molecular complexity index is 550. The molecular weight excluding hydrogens is 342 g/mol. The zero-order chi connectivity index (χ0) is 16.4. The summed E-state index contributed by atoms with van der Waals surface area (Å²) in [5.74, 6) is -0.457. The molecule has 7 nitrogen and oxygen atoms in total. The van der Waals surface area contributed by atoms with Crippen molar-refractivity contribution in [2.24, 2.45) is 5.73 Å². The summed E-state index contributed by atoms with van der Waals surface area (Å²) in [6.45, 7) is 0.515. The van der Waals surface area contributed by atoms with Crippen molar-refractivity contribution in [2.45, 2.75) is 19.1 Å². The van der Waals surface area contributed by atoms with Crippen LogP contribution in [0.25, 0.3) is 0 Å². The summed E-state index contributed by atoms with van der Waals surface area (Å²) in [4.78, 5) is 11.6. The second kappa shape index (κ2) is 11.4. The number of carbonyl (C=O) groups is 1. The summed E-state index contributed by atoms with van der Waals surface area (Å²) in [5, 5.41) is 2.54. The highest BCUT2D eigenvalue weighted by atomic mass is 35.5. The number of ether oxygens (including phenoxy) is 1. The lowest BCUT2D eigenvalue weighted by Gasteiger charge is -2.12. The molecule has 0 saturated heterocycles. The van der Waals surface area contributed by atoms with E-state index in [1.54, 1.807) is 0 Å². The van der Waals surface area contributed by atoms with E-state index in [0.29, 0.717) is 0 Å². The SMILES string of the molecule is COC(CN)CC(=O)NCCS(=O)(=O)NCc1ccccc1.Cl. The molecule has 132 valence electrons. The summed E-state index contributed by atoms with van der Waals surface area (Å²) < 4.78 is 31.1. The van der Waals surface area contributed by atoms with Crippen LogP contribution in [0.3, 0.4) is 0 Å². The van der Waals surface area contributed by atoms with E-state index < -0.39 is 10.0 Å². The normalized spacial score (nSPS) is 12.3. The molecule has 0 aliphatic carbocycles. The predicted molar refractivity (Wildman–Crippen MR) is 91.8 cm³/mol. The maximum absolute atomic E-state index is 11.8. The molecule has 1 atom stereocenters. The Balaban J connectivity index is 0.00000484. The van der Waals surface area contributed by atoms with Crippen LogP contribution in [-0.4, -0.2) is 46.4 Å². The van der Waals surface area contributed by atoms with E-state index in [1.165, 1.54) is 7.11 Å². The molecule has 0 fully saturated rings. The first-order valence-corrected chi connectivity index (χ1v) is 8.63. The van der Waals surface area contributed by atoms with Gasteiger partial charge < -0.3 is 15.8 Å². The van der Waals surface area contributed by atoms with Crippen molar-refractivity contribution < 1.29 is 17.9 Å². The van der Waals surface area contributed by atoms with Crippen molar-refractivity contribution >= 4 is 28.3 Å². The molecule has 0 spiro atoms. The van der Waals surface area contributed by atoms with Crippen molar-refractivity contribution in [1.82, 2.24) is 10.0 Å². The first kappa shape index (κ1) is 21.8. The molecule has 1 amide bonds. The van der Waals surface area contributed by atoms with Gasteiger partial charge in [-0.25, -0.2) is 13.1 Å². The van der Waals surface area contributed by atoms with Crippen LogP contribution < -0.4 is 15.8 Å². The van der Waals surface area contributed by atoms with E-state index in [1.807, 2.05) is 30.3 Å². The Hall–Kier alpha value is -1.19. The average molecular weight is 366 g/mol. The summed E-state index contributed by atoms with van der Waals surface area (Å²) in [6, 6.07) is 9.22. The molecule has 4 N–H and O–H groups in total. The lowest BCUT2D eigenvalue weighted by atomic mass is 10.2. The molecule has 9 heteroatoms. The number of hydrogen-bond donors (Lipinski definition) is 3. The van der Waals surface area contributed by atoms with Crippen LogP contribution in [0.2, 0.25) is 0 Å². The van der Waals surface area contributed by atoms with Gasteiger partial charge in [0.1, 0.15) is 0 Å². The minimum Gasteiger partial charge on any atom is -0.380 e. The lowest BCUT2D eigenvalue weighted by Crippen LogP contribution is -2.36. The summed E-state index contributed by atoms with van der Waals surface area (Å²) in [6.07, 6.45) is -0.238. The van der Waals surface area contributed by atoms with Crippen LogP contribution in [0.15, 0.2) is 30.3 Å². The van der Waals surface area contributed by atoms with Crippen molar-refractivity contribution in [3.63, 3.8) is 0 Å². The third-order valence-corrected chi connectivity index (χ3v) is 4.37. The van der Waals surface area contributed by atoms with Gasteiger partial charge >= 0.3 is 0 Å². The second-order valence-corrected chi connectivity index (χ2v) is 6.70. The fourth-order valence-corrected chi connectivity index (χ4v) is 2.63. The van der Waals surface area contributed by atoms with E-state index in [-0.39, 0.29) is 56.2 Å². The fourth-order valence-electron chi connectivity index (χ4n) is 1.73. The predicted octanol–water partition coefficient (Wildman–Crippen LogP) is 0.00780. The number of carbonyl (C=O) groups excluding carboxylic acids is 1. The third-order valence-electron chi connectivity index (χ3n) is 3.04. The molecule has 0 heterocycles. The van der Waals surface area contributed by atoms with Gasteiger partial charge in [0.25, 0.3) is 0 Å². The summed E-state index contributed by atoms with van der Waals surface area (Å²) >= 11 is 0. The van der Waals surface area contributed by atoms with Gasteiger partial charge in [-0.2, -0.15) is 0 Å². The Morgan fingerprint density at radius 2 is 1.96 bits per heavy atom. The van der Waals surface area contributed by atoms with Gasteiger partial charge in [-0.05, 0) is 5.56 Å². The van der Waals surface area contributed by atoms with Gasteiger partial charge in [0.2, 0.25) is 15.9 Å². The Morgan fingerprint density at radius 1 is 1.30 bits per heavy atom. The van der Waals surface area contributed by atoms with Crippen molar-refractivity contribution in [1.29, 1.82) is 0 Å².